The zero-order valence-corrected chi connectivity index (χ0v) is 12.1. The summed E-state index contributed by atoms with van der Waals surface area (Å²) in [6.07, 6.45) is 2.99. The number of rotatable bonds is 5. The second kappa shape index (κ2) is 5.41. The molecule has 1 fully saturated rings. The maximum absolute atomic E-state index is 12.1. The van der Waals surface area contributed by atoms with Crippen LogP contribution in [0.25, 0.3) is 0 Å². The van der Waals surface area contributed by atoms with Crippen LogP contribution in [0.2, 0.25) is 0 Å². The third-order valence-electron chi connectivity index (χ3n) is 3.74. The van der Waals surface area contributed by atoms with Crippen LogP contribution in [0.4, 0.5) is 0 Å². The molecule has 1 aromatic carbocycles. The zero-order chi connectivity index (χ0) is 13.2. The Balaban J connectivity index is 1.98. The van der Waals surface area contributed by atoms with Crippen LogP contribution in [0, 0.1) is 12.3 Å². The van der Waals surface area contributed by atoms with Crippen molar-refractivity contribution >= 4 is 21.8 Å². The fourth-order valence-corrected chi connectivity index (χ4v) is 2.51. The molecule has 18 heavy (non-hydrogen) atoms. The number of hydrogen-bond acceptors (Lipinski definition) is 2. The molecule has 1 amide bonds. The molecule has 1 aliphatic carbocycles. The van der Waals surface area contributed by atoms with Gasteiger partial charge in [0.2, 0.25) is 0 Å². The maximum atomic E-state index is 12.1. The number of aliphatic hydroxyl groups is 1. The van der Waals surface area contributed by atoms with Crippen LogP contribution in [0.5, 0.6) is 0 Å². The third-order valence-corrected chi connectivity index (χ3v) is 4.59. The molecular formula is C14H18BrNO2. The highest BCUT2D eigenvalue weighted by Crippen LogP contribution is 2.47. The molecule has 0 bridgehead atoms. The van der Waals surface area contributed by atoms with Gasteiger partial charge in [-0.05, 0) is 49.3 Å². The van der Waals surface area contributed by atoms with E-state index in [1.54, 1.807) is 0 Å². The molecule has 4 heteroatoms. The van der Waals surface area contributed by atoms with Gasteiger partial charge in [-0.1, -0.05) is 22.0 Å². The number of amides is 1. The Labute approximate surface area is 116 Å². The minimum absolute atomic E-state index is 0.0296. The van der Waals surface area contributed by atoms with Crippen LogP contribution in [-0.2, 0) is 0 Å². The second-order valence-electron chi connectivity index (χ2n) is 5.07. The van der Waals surface area contributed by atoms with Crippen molar-refractivity contribution in [1.29, 1.82) is 0 Å². The van der Waals surface area contributed by atoms with Crippen LogP contribution < -0.4 is 5.32 Å². The highest BCUT2D eigenvalue weighted by atomic mass is 79.9. The summed E-state index contributed by atoms with van der Waals surface area (Å²) >= 11 is 3.43. The molecule has 0 heterocycles. The topological polar surface area (TPSA) is 49.3 Å². The fourth-order valence-electron chi connectivity index (χ4n) is 2.15. The zero-order valence-electron chi connectivity index (χ0n) is 10.5. The normalized spacial score (nSPS) is 16.4. The van der Waals surface area contributed by atoms with E-state index in [4.69, 9.17) is 5.11 Å². The molecule has 0 unspecified atom stereocenters. The predicted octanol–water partition coefficient (Wildman–Crippen LogP) is 2.65. The number of nitrogens with one attached hydrogen (secondary N) is 1. The van der Waals surface area contributed by atoms with Gasteiger partial charge in [0.05, 0.1) is 0 Å². The highest BCUT2D eigenvalue weighted by Gasteiger charge is 2.41. The average Bonchev–Trinajstić information content (AvgIpc) is 3.11. The summed E-state index contributed by atoms with van der Waals surface area (Å²) in [5, 5.41) is 12.0. The summed E-state index contributed by atoms with van der Waals surface area (Å²) in [6, 6.07) is 5.63. The molecule has 1 saturated carbocycles. The lowest BCUT2D eigenvalue weighted by molar-refractivity contribution is 0.0940. The van der Waals surface area contributed by atoms with Crippen molar-refractivity contribution in [2.45, 2.75) is 26.2 Å². The number of halogens is 1. The first kappa shape index (κ1) is 13.6. The highest BCUT2D eigenvalue weighted by molar-refractivity contribution is 9.10. The van der Waals surface area contributed by atoms with Crippen molar-refractivity contribution in [2.75, 3.05) is 13.2 Å². The van der Waals surface area contributed by atoms with Gasteiger partial charge in [-0.25, -0.2) is 0 Å². The summed E-state index contributed by atoms with van der Waals surface area (Å²) in [6.45, 7) is 2.80. The van der Waals surface area contributed by atoms with Crippen molar-refractivity contribution in [3.05, 3.63) is 33.8 Å². The van der Waals surface area contributed by atoms with Gasteiger partial charge in [0.15, 0.2) is 0 Å². The predicted molar refractivity (Wildman–Crippen MR) is 74.6 cm³/mol. The van der Waals surface area contributed by atoms with E-state index in [0.717, 1.165) is 29.3 Å². The molecule has 98 valence electrons. The Morgan fingerprint density at radius 1 is 1.50 bits per heavy atom. The van der Waals surface area contributed by atoms with Crippen molar-refractivity contribution < 1.29 is 9.90 Å². The number of carbonyl (C=O) groups excluding carboxylic acids is 1. The van der Waals surface area contributed by atoms with E-state index in [9.17, 15) is 4.79 Å². The minimum Gasteiger partial charge on any atom is -0.396 e. The Morgan fingerprint density at radius 3 is 2.83 bits per heavy atom. The van der Waals surface area contributed by atoms with Gasteiger partial charge in [0.1, 0.15) is 0 Å². The summed E-state index contributed by atoms with van der Waals surface area (Å²) in [5.41, 5.74) is 1.83. The van der Waals surface area contributed by atoms with E-state index in [1.165, 1.54) is 0 Å². The largest absolute Gasteiger partial charge is 0.396 e. The van der Waals surface area contributed by atoms with Crippen molar-refractivity contribution in [3.8, 4) is 0 Å². The quantitative estimate of drug-likeness (QED) is 0.878. The Morgan fingerprint density at radius 2 is 2.22 bits per heavy atom. The summed E-state index contributed by atoms with van der Waals surface area (Å²) in [5.74, 6) is -0.0296. The van der Waals surface area contributed by atoms with Gasteiger partial charge >= 0.3 is 0 Å². The lowest BCUT2D eigenvalue weighted by Gasteiger charge is -2.15. The van der Waals surface area contributed by atoms with E-state index in [0.29, 0.717) is 12.1 Å². The molecule has 0 aromatic heterocycles. The summed E-state index contributed by atoms with van der Waals surface area (Å²) in [4.78, 5) is 12.1. The third kappa shape index (κ3) is 2.93. The van der Waals surface area contributed by atoms with E-state index < -0.39 is 0 Å². The van der Waals surface area contributed by atoms with E-state index in [1.807, 2.05) is 25.1 Å². The van der Waals surface area contributed by atoms with Crippen LogP contribution in [0.3, 0.4) is 0 Å². The molecule has 2 rings (SSSR count). The molecule has 0 atom stereocenters. The summed E-state index contributed by atoms with van der Waals surface area (Å²) in [7, 11) is 0. The lowest BCUT2D eigenvalue weighted by atomic mass is 10.0. The van der Waals surface area contributed by atoms with Gasteiger partial charge in [0.25, 0.3) is 5.91 Å². The number of benzene rings is 1. The van der Waals surface area contributed by atoms with Gasteiger partial charge in [-0.2, -0.15) is 0 Å². The lowest BCUT2D eigenvalue weighted by Crippen LogP contribution is -2.31. The Bertz CT molecular complexity index is 455. The second-order valence-corrected chi connectivity index (χ2v) is 5.92. The van der Waals surface area contributed by atoms with Gasteiger partial charge < -0.3 is 10.4 Å². The Kier molecular flexibility index (Phi) is 4.07. The standard InChI is InChI=1S/C14H18BrNO2/c1-10-11(3-2-4-12(10)15)13(18)16-9-14(5-6-14)7-8-17/h2-4,17H,5-9H2,1H3,(H,16,18). The molecule has 1 aliphatic rings. The number of aliphatic hydroxyl groups excluding tert-OH is 1. The van der Waals surface area contributed by atoms with E-state index in [-0.39, 0.29) is 17.9 Å². The fraction of sp³-hybridized carbons (Fsp3) is 0.500. The molecule has 0 aliphatic heterocycles. The van der Waals surface area contributed by atoms with Crippen LogP contribution >= 0.6 is 15.9 Å². The molecular weight excluding hydrogens is 294 g/mol. The maximum Gasteiger partial charge on any atom is 0.251 e. The van der Waals surface area contributed by atoms with Crippen molar-refractivity contribution in [2.24, 2.45) is 5.41 Å². The molecule has 0 saturated heterocycles. The average molecular weight is 312 g/mol. The minimum atomic E-state index is -0.0296. The molecule has 0 radical (unpaired) electrons. The van der Waals surface area contributed by atoms with Crippen molar-refractivity contribution in [1.82, 2.24) is 5.32 Å². The van der Waals surface area contributed by atoms with E-state index in [2.05, 4.69) is 21.2 Å². The number of hydrogen-bond donors (Lipinski definition) is 2. The first-order valence-electron chi connectivity index (χ1n) is 6.22. The number of carbonyl (C=O) groups is 1. The monoisotopic (exact) mass is 311 g/mol. The summed E-state index contributed by atoms with van der Waals surface area (Å²) < 4.78 is 0.951. The van der Waals surface area contributed by atoms with Gasteiger partial charge in [-0.15, -0.1) is 0 Å². The van der Waals surface area contributed by atoms with Gasteiger partial charge in [0, 0.05) is 23.2 Å². The Hall–Kier alpha value is -0.870. The first-order chi connectivity index (χ1) is 8.58. The molecule has 3 nitrogen and oxygen atoms in total. The first-order valence-corrected chi connectivity index (χ1v) is 7.01. The van der Waals surface area contributed by atoms with Crippen LogP contribution in [0.15, 0.2) is 22.7 Å². The molecule has 0 spiro atoms. The molecule has 2 N–H and O–H groups in total. The van der Waals surface area contributed by atoms with Crippen LogP contribution in [0.1, 0.15) is 35.2 Å². The molecule has 1 aromatic rings. The smallest absolute Gasteiger partial charge is 0.251 e. The van der Waals surface area contributed by atoms with E-state index >= 15 is 0 Å². The van der Waals surface area contributed by atoms with Crippen LogP contribution in [-0.4, -0.2) is 24.2 Å². The SMILES string of the molecule is Cc1c(Br)cccc1C(=O)NCC1(CCO)CC1. The van der Waals surface area contributed by atoms with Crippen molar-refractivity contribution in [3.63, 3.8) is 0 Å². The van der Waals surface area contributed by atoms with Gasteiger partial charge in [-0.3, -0.25) is 4.79 Å².